The number of aryl methyl sites for hydroxylation is 1. The van der Waals surface area contributed by atoms with Crippen LogP contribution in [0.3, 0.4) is 0 Å². The quantitative estimate of drug-likeness (QED) is 0.107. The van der Waals surface area contributed by atoms with Gasteiger partial charge in [0.05, 0.1) is 5.69 Å². The fraction of sp³-hybridized carbons (Fsp3) is 0.340. The molecule has 0 saturated heterocycles. The Labute approximate surface area is 308 Å². The summed E-state index contributed by atoms with van der Waals surface area (Å²) in [5.41, 5.74) is 13.5. The van der Waals surface area contributed by atoms with Crippen molar-refractivity contribution in [1.82, 2.24) is 4.98 Å². The Kier molecular flexibility index (Phi) is 12.2. The predicted octanol–water partition coefficient (Wildman–Crippen LogP) is 14.2. The maximum absolute atomic E-state index is 4.89. The summed E-state index contributed by atoms with van der Waals surface area (Å²) in [6.45, 7) is 14.1. The molecule has 1 aromatic heterocycles. The monoisotopic (exact) mass is 671 g/mol. The number of aromatic nitrogens is 1. The SMILES string of the molecule is C/C=C\C(=C(/CC)C(C1C=Cc2cc(CC)ccc2C1)C(CC)CCCC)C(C)c1cccc2c(-c3ccc(-c4ccccc4)nc3)cccc12. The summed E-state index contributed by atoms with van der Waals surface area (Å²) in [4.78, 5) is 4.89. The van der Waals surface area contributed by atoms with Gasteiger partial charge in [0.2, 0.25) is 0 Å². The van der Waals surface area contributed by atoms with Crippen molar-refractivity contribution in [1.29, 1.82) is 0 Å². The molecule has 0 fully saturated rings. The van der Waals surface area contributed by atoms with Crippen LogP contribution in [0.2, 0.25) is 0 Å². The first-order valence-electron chi connectivity index (χ1n) is 19.7. The van der Waals surface area contributed by atoms with E-state index in [2.05, 4.69) is 163 Å². The molecule has 0 aliphatic heterocycles. The van der Waals surface area contributed by atoms with Crippen molar-refractivity contribution in [3.63, 3.8) is 0 Å². The van der Waals surface area contributed by atoms with Crippen LogP contribution in [-0.4, -0.2) is 4.98 Å². The van der Waals surface area contributed by atoms with E-state index >= 15 is 0 Å². The van der Waals surface area contributed by atoms with E-state index in [1.807, 2.05) is 6.20 Å². The van der Waals surface area contributed by atoms with Crippen molar-refractivity contribution in [3.8, 4) is 22.4 Å². The number of hydrogen-bond acceptors (Lipinski definition) is 1. The fourth-order valence-corrected chi connectivity index (χ4v) is 8.80. The van der Waals surface area contributed by atoms with Gasteiger partial charge >= 0.3 is 0 Å². The number of benzene rings is 4. The third-order valence-corrected chi connectivity index (χ3v) is 11.6. The molecule has 6 rings (SSSR count). The average molecular weight is 672 g/mol. The van der Waals surface area contributed by atoms with E-state index in [0.717, 1.165) is 36.1 Å². The molecule has 1 heteroatoms. The number of fused-ring (bicyclic) bond motifs is 2. The standard InChI is InChI=1S/C50H57N/c1-7-12-19-37(10-4)50(41-29-28-39-32-36(9-3)26-27-40(39)33-41)43(11-5)44(18-8-2)35(6)45-22-16-25-48-46(23-17-24-47(45)48)42-30-31-49(51-34-42)38-20-14-13-15-21-38/h8,13-18,20-32,34-35,37,41,50H,7,9-12,19,33H2,1-6H3/b18-8-,44-43-. The highest BCUT2D eigenvalue weighted by Gasteiger charge is 2.33. The molecule has 5 aromatic rings. The van der Waals surface area contributed by atoms with Gasteiger partial charge in [0.15, 0.2) is 0 Å². The third-order valence-electron chi connectivity index (χ3n) is 11.6. The van der Waals surface area contributed by atoms with Crippen molar-refractivity contribution < 1.29 is 0 Å². The van der Waals surface area contributed by atoms with Crippen molar-refractivity contribution >= 4 is 16.8 Å². The Morgan fingerprint density at radius 2 is 1.65 bits per heavy atom. The van der Waals surface area contributed by atoms with Gasteiger partial charge < -0.3 is 0 Å². The number of rotatable bonds is 14. The molecule has 4 unspecified atom stereocenters. The molecule has 262 valence electrons. The van der Waals surface area contributed by atoms with Crippen LogP contribution in [0, 0.1) is 17.8 Å². The molecule has 4 aromatic carbocycles. The van der Waals surface area contributed by atoms with E-state index in [4.69, 9.17) is 4.98 Å². The smallest absolute Gasteiger partial charge is 0.0702 e. The molecule has 0 saturated carbocycles. The highest BCUT2D eigenvalue weighted by molar-refractivity contribution is 5.98. The van der Waals surface area contributed by atoms with E-state index in [9.17, 15) is 0 Å². The highest BCUT2D eigenvalue weighted by atomic mass is 14.7. The van der Waals surface area contributed by atoms with Gasteiger partial charge in [-0.2, -0.15) is 0 Å². The van der Waals surface area contributed by atoms with Crippen molar-refractivity contribution in [2.75, 3.05) is 0 Å². The molecule has 0 radical (unpaired) electrons. The fourth-order valence-electron chi connectivity index (χ4n) is 8.80. The minimum absolute atomic E-state index is 0.256. The van der Waals surface area contributed by atoms with E-state index in [1.165, 1.54) is 69.8 Å². The summed E-state index contributed by atoms with van der Waals surface area (Å²) in [6, 6.07) is 35.7. The average Bonchev–Trinajstić information content (AvgIpc) is 3.19. The molecule has 0 bridgehead atoms. The second kappa shape index (κ2) is 17.1. The molecular weight excluding hydrogens is 615 g/mol. The lowest BCUT2D eigenvalue weighted by molar-refractivity contribution is 0.265. The van der Waals surface area contributed by atoms with E-state index < -0.39 is 0 Å². The summed E-state index contributed by atoms with van der Waals surface area (Å²) < 4.78 is 0. The van der Waals surface area contributed by atoms with E-state index in [-0.39, 0.29) is 5.92 Å². The molecule has 51 heavy (non-hydrogen) atoms. The van der Waals surface area contributed by atoms with Crippen LogP contribution in [0.25, 0.3) is 39.2 Å². The van der Waals surface area contributed by atoms with Gasteiger partial charge in [-0.15, -0.1) is 0 Å². The number of allylic oxidation sites excluding steroid dienone is 5. The Bertz CT molecular complexity index is 1990. The molecular formula is C50H57N. The maximum atomic E-state index is 4.89. The van der Waals surface area contributed by atoms with E-state index in [0.29, 0.717) is 17.8 Å². The van der Waals surface area contributed by atoms with E-state index in [1.54, 1.807) is 5.57 Å². The van der Waals surface area contributed by atoms with Gasteiger partial charge in [0.1, 0.15) is 0 Å². The van der Waals surface area contributed by atoms with Gasteiger partial charge in [-0.25, -0.2) is 0 Å². The van der Waals surface area contributed by atoms with Gasteiger partial charge in [0.25, 0.3) is 0 Å². The van der Waals surface area contributed by atoms with Crippen LogP contribution in [-0.2, 0) is 12.8 Å². The van der Waals surface area contributed by atoms with Gasteiger partial charge in [-0.3, -0.25) is 4.98 Å². The van der Waals surface area contributed by atoms with Crippen molar-refractivity contribution in [2.45, 2.75) is 92.4 Å². The number of hydrogen-bond donors (Lipinski definition) is 0. The van der Waals surface area contributed by atoms with Crippen LogP contribution in [0.15, 0.2) is 133 Å². The van der Waals surface area contributed by atoms with Gasteiger partial charge in [0, 0.05) is 23.2 Å². The summed E-state index contributed by atoms with van der Waals surface area (Å²) in [5, 5.41) is 2.62. The summed E-state index contributed by atoms with van der Waals surface area (Å²) in [7, 11) is 0. The van der Waals surface area contributed by atoms with Crippen molar-refractivity contribution in [3.05, 3.63) is 155 Å². The lowest BCUT2D eigenvalue weighted by Crippen LogP contribution is -2.28. The minimum Gasteiger partial charge on any atom is -0.256 e. The zero-order valence-corrected chi connectivity index (χ0v) is 31.8. The molecule has 0 N–H and O–H groups in total. The van der Waals surface area contributed by atoms with Crippen LogP contribution in [0.5, 0.6) is 0 Å². The molecule has 4 atom stereocenters. The Balaban J connectivity index is 1.43. The largest absolute Gasteiger partial charge is 0.256 e. The van der Waals surface area contributed by atoms with Crippen molar-refractivity contribution in [2.24, 2.45) is 17.8 Å². The lowest BCUT2D eigenvalue weighted by Gasteiger charge is -2.38. The Morgan fingerprint density at radius 3 is 2.35 bits per heavy atom. The zero-order chi connectivity index (χ0) is 35.7. The number of pyridine rings is 1. The van der Waals surface area contributed by atoms with Crippen LogP contribution >= 0.6 is 0 Å². The Hall–Kier alpha value is -4.49. The third kappa shape index (κ3) is 7.89. The second-order valence-corrected chi connectivity index (χ2v) is 14.6. The first-order valence-corrected chi connectivity index (χ1v) is 19.7. The lowest BCUT2D eigenvalue weighted by atomic mass is 9.67. The molecule has 1 aliphatic rings. The summed E-state index contributed by atoms with van der Waals surface area (Å²) in [5.74, 6) is 1.92. The highest BCUT2D eigenvalue weighted by Crippen LogP contribution is 2.45. The van der Waals surface area contributed by atoms with Gasteiger partial charge in [-0.1, -0.05) is 175 Å². The molecule has 0 spiro atoms. The first-order chi connectivity index (χ1) is 25.0. The van der Waals surface area contributed by atoms with Crippen LogP contribution in [0.4, 0.5) is 0 Å². The molecule has 0 amide bonds. The van der Waals surface area contributed by atoms with Gasteiger partial charge in [-0.05, 0) is 101 Å². The zero-order valence-electron chi connectivity index (χ0n) is 31.8. The molecule has 1 nitrogen and oxygen atoms in total. The minimum atomic E-state index is 0.256. The Morgan fingerprint density at radius 1 is 0.843 bits per heavy atom. The molecule has 1 aliphatic carbocycles. The number of nitrogens with zero attached hydrogens (tertiary/aromatic N) is 1. The molecule has 1 heterocycles. The van der Waals surface area contributed by atoms with Crippen LogP contribution < -0.4 is 0 Å². The summed E-state index contributed by atoms with van der Waals surface area (Å²) >= 11 is 0. The maximum Gasteiger partial charge on any atom is 0.0702 e. The topological polar surface area (TPSA) is 12.9 Å². The normalized spacial score (nSPS) is 16.5. The summed E-state index contributed by atoms with van der Waals surface area (Å²) in [6.07, 6.45) is 20.1. The number of unbranched alkanes of at least 4 members (excludes halogenated alkanes) is 1. The first kappa shape index (κ1) is 36.3. The second-order valence-electron chi connectivity index (χ2n) is 14.6. The predicted molar refractivity (Wildman–Crippen MR) is 222 cm³/mol. The van der Waals surface area contributed by atoms with Crippen LogP contribution in [0.1, 0.15) is 102 Å².